The molecule has 2 N–H and O–H groups in total. The quantitative estimate of drug-likeness (QED) is 0.816. The summed E-state index contributed by atoms with van der Waals surface area (Å²) in [6, 6.07) is 1.21. The first-order valence-electron chi connectivity index (χ1n) is 7.97. The molecule has 2 aliphatic rings. The Hall–Kier alpha value is -0.0800. The minimum atomic E-state index is 0.438. The van der Waals surface area contributed by atoms with E-state index in [1.165, 1.54) is 58.0 Å². The average molecular weight is 252 g/mol. The zero-order valence-corrected chi connectivity index (χ0v) is 12.6. The van der Waals surface area contributed by atoms with E-state index >= 15 is 0 Å². The third-order valence-electron chi connectivity index (χ3n) is 5.23. The Morgan fingerprint density at radius 1 is 1.17 bits per heavy atom. The van der Waals surface area contributed by atoms with Gasteiger partial charge in [-0.25, -0.2) is 0 Å². The van der Waals surface area contributed by atoms with E-state index in [2.05, 4.69) is 25.7 Å². The summed E-state index contributed by atoms with van der Waals surface area (Å²) in [5.41, 5.74) is 6.88. The minimum Gasteiger partial charge on any atom is -0.327 e. The Kier molecular flexibility index (Phi) is 4.71. The molecule has 0 aromatic rings. The van der Waals surface area contributed by atoms with Gasteiger partial charge in [0.15, 0.2) is 0 Å². The highest BCUT2D eigenvalue weighted by molar-refractivity contribution is 4.89. The topological polar surface area (TPSA) is 29.3 Å². The molecule has 1 saturated carbocycles. The Balaban J connectivity index is 1.93. The second-order valence-corrected chi connectivity index (χ2v) is 7.52. The largest absolute Gasteiger partial charge is 0.327 e. The Labute approximate surface area is 113 Å². The molecule has 1 saturated heterocycles. The zero-order valence-electron chi connectivity index (χ0n) is 12.6. The number of nitrogens with two attached hydrogens (primary N) is 1. The smallest absolute Gasteiger partial charge is 0.00797 e. The standard InChI is InChI=1S/C16H32N2/c1-13-7-5-4-6-10-18(13)12-14-11-16(2,3)9-8-15(14)17/h13-15H,4-12,17H2,1-3H3. The Morgan fingerprint density at radius 2 is 1.94 bits per heavy atom. The fourth-order valence-electron chi connectivity index (χ4n) is 3.86. The van der Waals surface area contributed by atoms with Crippen LogP contribution in [0.4, 0.5) is 0 Å². The average Bonchev–Trinajstić information content (AvgIpc) is 2.50. The number of hydrogen-bond donors (Lipinski definition) is 1. The van der Waals surface area contributed by atoms with Gasteiger partial charge in [0.2, 0.25) is 0 Å². The predicted molar refractivity (Wildman–Crippen MR) is 78.6 cm³/mol. The van der Waals surface area contributed by atoms with Crippen molar-refractivity contribution in [3.63, 3.8) is 0 Å². The van der Waals surface area contributed by atoms with Crippen LogP contribution < -0.4 is 5.73 Å². The van der Waals surface area contributed by atoms with E-state index in [1.54, 1.807) is 0 Å². The van der Waals surface area contributed by atoms with Crippen molar-refractivity contribution in [2.75, 3.05) is 13.1 Å². The molecule has 2 rings (SSSR count). The molecule has 2 fully saturated rings. The molecule has 1 heterocycles. The minimum absolute atomic E-state index is 0.438. The molecule has 0 aromatic heterocycles. The summed E-state index contributed by atoms with van der Waals surface area (Å²) < 4.78 is 0. The lowest BCUT2D eigenvalue weighted by Gasteiger charge is -2.42. The Bertz CT molecular complexity index is 262. The highest BCUT2D eigenvalue weighted by Crippen LogP contribution is 2.38. The number of likely N-dealkylation sites (tertiary alicyclic amines) is 1. The molecule has 2 heteroatoms. The summed E-state index contributed by atoms with van der Waals surface area (Å²) in [5, 5.41) is 0. The molecule has 1 aliphatic carbocycles. The van der Waals surface area contributed by atoms with Crippen molar-refractivity contribution in [3.8, 4) is 0 Å². The third kappa shape index (κ3) is 3.71. The second kappa shape index (κ2) is 5.92. The molecular formula is C16H32N2. The van der Waals surface area contributed by atoms with Crippen molar-refractivity contribution in [1.82, 2.24) is 4.90 Å². The monoisotopic (exact) mass is 252 g/mol. The maximum atomic E-state index is 6.38. The van der Waals surface area contributed by atoms with Crippen LogP contribution >= 0.6 is 0 Å². The molecule has 0 bridgehead atoms. The summed E-state index contributed by atoms with van der Waals surface area (Å²) in [6.45, 7) is 9.77. The molecule has 18 heavy (non-hydrogen) atoms. The van der Waals surface area contributed by atoms with Crippen LogP contribution in [0.3, 0.4) is 0 Å². The molecule has 3 unspecified atom stereocenters. The van der Waals surface area contributed by atoms with Gasteiger partial charge in [0, 0.05) is 18.6 Å². The number of rotatable bonds is 2. The van der Waals surface area contributed by atoms with Crippen molar-refractivity contribution in [3.05, 3.63) is 0 Å². The second-order valence-electron chi connectivity index (χ2n) is 7.52. The van der Waals surface area contributed by atoms with E-state index in [0.29, 0.717) is 17.4 Å². The number of nitrogens with zero attached hydrogens (tertiary/aromatic N) is 1. The third-order valence-corrected chi connectivity index (χ3v) is 5.23. The molecule has 3 atom stereocenters. The van der Waals surface area contributed by atoms with Crippen molar-refractivity contribution in [1.29, 1.82) is 0 Å². The fourth-order valence-corrected chi connectivity index (χ4v) is 3.86. The maximum absolute atomic E-state index is 6.38. The van der Waals surface area contributed by atoms with Crippen LogP contribution in [0, 0.1) is 11.3 Å². The SMILES string of the molecule is CC1CCCCCN1CC1CC(C)(C)CCC1N. The maximum Gasteiger partial charge on any atom is 0.00797 e. The van der Waals surface area contributed by atoms with Crippen LogP contribution in [-0.4, -0.2) is 30.1 Å². The summed E-state index contributed by atoms with van der Waals surface area (Å²) in [7, 11) is 0. The van der Waals surface area contributed by atoms with Gasteiger partial charge in [0.05, 0.1) is 0 Å². The predicted octanol–water partition coefficient (Wildman–Crippen LogP) is 3.40. The van der Waals surface area contributed by atoms with Crippen LogP contribution in [0.5, 0.6) is 0 Å². The lowest BCUT2D eigenvalue weighted by molar-refractivity contribution is 0.0981. The zero-order chi connectivity index (χ0) is 13.2. The summed E-state index contributed by atoms with van der Waals surface area (Å²) >= 11 is 0. The van der Waals surface area contributed by atoms with Crippen molar-refractivity contribution in [2.45, 2.75) is 77.8 Å². The first kappa shape index (κ1) is 14.3. The van der Waals surface area contributed by atoms with Gasteiger partial charge in [-0.3, -0.25) is 0 Å². The molecule has 0 amide bonds. The van der Waals surface area contributed by atoms with Crippen LogP contribution in [0.25, 0.3) is 0 Å². The van der Waals surface area contributed by atoms with E-state index in [-0.39, 0.29) is 0 Å². The van der Waals surface area contributed by atoms with E-state index < -0.39 is 0 Å². The molecule has 0 radical (unpaired) electrons. The van der Waals surface area contributed by atoms with Crippen LogP contribution in [0.1, 0.15) is 65.7 Å². The van der Waals surface area contributed by atoms with E-state index in [9.17, 15) is 0 Å². The lowest BCUT2D eigenvalue weighted by Crippen LogP contribution is -2.47. The summed E-state index contributed by atoms with van der Waals surface area (Å²) in [5.74, 6) is 0.717. The van der Waals surface area contributed by atoms with Gasteiger partial charge < -0.3 is 10.6 Å². The lowest BCUT2D eigenvalue weighted by atomic mass is 9.70. The van der Waals surface area contributed by atoms with Gasteiger partial charge in [-0.15, -0.1) is 0 Å². The molecule has 0 aromatic carbocycles. The van der Waals surface area contributed by atoms with Crippen LogP contribution in [-0.2, 0) is 0 Å². The van der Waals surface area contributed by atoms with Crippen LogP contribution in [0.2, 0.25) is 0 Å². The first-order chi connectivity index (χ1) is 8.48. The normalized spacial score (nSPS) is 38.3. The van der Waals surface area contributed by atoms with E-state index in [4.69, 9.17) is 5.73 Å². The molecule has 1 aliphatic heterocycles. The van der Waals surface area contributed by atoms with Crippen molar-refractivity contribution < 1.29 is 0 Å². The highest BCUT2D eigenvalue weighted by Gasteiger charge is 2.34. The van der Waals surface area contributed by atoms with Crippen molar-refractivity contribution in [2.24, 2.45) is 17.1 Å². The first-order valence-corrected chi connectivity index (χ1v) is 7.97. The van der Waals surface area contributed by atoms with Gasteiger partial charge in [-0.05, 0) is 56.9 Å². The molecule has 106 valence electrons. The van der Waals surface area contributed by atoms with Gasteiger partial charge in [0.1, 0.15) is 0 Å². The van der Waals surface area contributed by atoms with Gasteiger partial charge in [-0.1, -0.05) is 26.7 Å². The summed E-state index contributed by atoms with van der Waals surface area (Å²) in [6.07, 6.45) is 9.45. The number of hydrogen-bond acceptors (Lipinski definition) is 2. The van der Waals surface area contributed by atoms with E-state index in [1.807, 2.05) is 0 Å². The highest BCUT2D eigenvalue weighted by atomic mass is 15.2. The Morgan fingerprint density at radius 3 is 2.72 bits per heavy atom. The van der Waals surface area contributed by atoms with Gasteiger partial charge in [-0.2, -0.15) is 0 Å². The van der Waals surface area contributed by atoms with Gasteiger partial charge in [0.25, 0.3) is 0 Å². The van der Waals surface area contributed by atoms with Crippen LogP contribution in [0.15, 0.2) is 0 Å². The molecule has 0 spiro atoms. The summed E-state index contributed by atoms with van der Waals surface area (Å²) in [4.78, 5) is 2.72. The fraction of sp³-hybridized carbons (Fsp3) is 1.00. The molecule has 2 nitrogen and oxygen atoms in total. The van der Waals surface area contributed by atoms with Crippen molar-refractivity contribution >= 4 is 0 Å². The van der Waals surface area contributed by atoms with Gasteiger partial charge >= 0.3 is 0 Å². The van der Waals surface area contributed by atoms with E-state index in [0.717, 1.165) is 6.04 Å². The molecular weight excluding hydrogens is 220 g/mol.